The number of nitrogens with zero attached hydrogens (tertiary/aromatic N) is 2. The molecule has 0 fully saturated rings. The Bertz CT molecular complexity index is 265. The molecule has 0 saturated heterocycles. The van der Waals surface area contributed by atoms with E-state index in [4.69, 9.17) is 0 Å². The molecule has 0 atom stereocenters. The van der Waals surface area contributed by atoms with Gasteiger partial charge in [0, 0.05) is 13.1 Å². The average molecular weight is 284 g/mol. The van der Waals surface area contributed by atoms with E-state index in [9.17, 15) is 9.59 Å². The van der Waals surface area contributed by atoms with Crippen molar-refractivity contribution in [3.8, 4) is 0 Å². The van der Waals surface area contributed by atoms with E-state index in [1.807, 2.05) is 0 Å². The zero-order chi connectivity index (χ0) is 15.1. The maximum Gasteiger partial charge on any atom is 0.359 e. The number of hydrogen-bond donors (Lipinski definition) is 2. The summed E-state index contributed by atoms with van der Waals surface area (Å²) in [5.74, 6) is 0. The van der Waals surface area contributed by atoms with Crippen LogP contribution in [-0.2, 0) is 0 Å². The van der Waals surface area contributed by atoms with E-state index in [0.29, 0.717) is 13.1 Å². The first-order valence-corrected chi connectivity index (χ1v) is 7.68. The third-order valence-electron chi connectivity index (χ3n) is 2.84. The molecule has 0 spiro atoms. The number of carbonyl (C=O) groups excluding carboxylic acids is 2. The minimum absolute atomic E-state index is 0.553. The Morgan fingerprint density at radius 3 is 1.45 bits per heavy atom. The smallest absolute Gasteiger partial charge is 0.335 e. The summed E-state index contributed by atoms with van der Waals surface area (Å²) >= 11 is 0. The summed E-state index contributed by atoms with van der Waals surface area (Å²) in [6.45, 7) is 5.42. The maximum atomic E-state index is 11.2. The van der Waals surface area contributed by atoms with Crippen LogP contribution in [0, 0.1) is 0 Å². The number of azo groups is 1. The van der Waals surface area contributed by atoms with Crippen LogP contribution in [0.15, 0.2) is 10.2 Å². The van der Waals surface area contributed by atoms with Crippen LogP contribution >= 0.6 is 0 Å². The lowest BCUT2D eigenvalue weighted by Crippen LogP contribution is -2.23. The minimum Gasteiger partial charge on any atom is -0.335 e. The average Bonchev–Trinajstić information content (AvgIpc) is 2.44. The second kappa shape index (κ2) is 14.0. The summed E-state index contributed by atoms with van der Waals surface area (Å²) < 4.78 is 0. The maximum absolute atomic E-state index is 11.2. The number of unbranched alkanes of at least 4 members (excludes halogenated alkanes) is 6. The van der Waals surface area contributed by atoms with Crippen LogP contribution in [-0.4, -0.2) is 25.2 Å². The molecule has 0 aromatic rings. The first kappa shape index (κ1) is 18.5. The predicted octanol–water partition coefficient (Wildman–Crippen LogP) is 4.02. The summed E-state index contributed by atoms with van der Waals surface area (Å²) in [4.78, 5) is 22.5. The fraction of sp³-hybridized carbons (Fsp3) is 0.857. The van der Waals surface area contributed by atoms with Crippen molar-refractivity contribution in [2.24, 2.45) is 10.2 Å². The van der Waals surface area contributed by atoms with E-state index in [-0.39, 0.29) is 0 Å². The topological polar surface area (TPSA) is 82.9 Å². The van der Waals surface area contributed by atoms with Gasteiger partial charge in [-0.1, -0.05) is 62.6 Å². The monoisotopic (exact) mass is 284 g/mol. The standard InChI is InChI=1S/C14H28N4O2/c1-3-5-7-9-11-15-13(19)17-18-14(20)16-12-10-8-6-4-2/h3-12H2,1-2H3,(H,15,19)(H,16,20). The van der Waals surface area contributed by atoms with Crippen molar-refractivity contribution in [1.29, 1.82) is 0 Å². The van der Waals surface area contributed by atoms with Gasteiger partial charge in [0.2, 0.25) is 0 Å². The van der Waals surface area contributed by atoms with Crippen molar-refractivity contribution >= 4 is 12.1 Å². The van der Waals surface area contributed by atoms with E-state index in [0.717, 1.165) is 51.4 Å². The first-order chi connectivity index (χ1) is 9.70. The zero-order valence-electron chi connectivity index (χ0n) is 12.8. The number of hydrogen-bond acceptors (Lipinski definition) is 2. The van der Waals surface area contributed by atoms with Crippen molar-refractivity contribution < 1.29 is 9.59 Å². The van der Waals surface area contributed by atoms with Gasteiger partial charge in [0.1, 0.15) is 0 Å². The Morgan fingerprint density at radius 2 is 1.10 bits per heavy atom. The van der Waals surface area contributed by atoms with Crippen LogP contribution in [0.25, 0.3) is 0 Å². The summed E-state index contributed by atoms with van der Waals surface area (Å²) in [5, 5.41) is 11.8. The molecule has 0 heterocycles. The Morgan fingerprint density at radius 1 is 0.700 bits per heavy atom. The summed E-state index contributed by atoms with van der Waals surface area (Å²) in [7, 11) is 0. The molecule has 116 valence electrons. The van der Waals surface area contributed by atoms with Gasteiger partial charge in [-0.15, -0.1) is 0 Å². The van der Waals surface area contributed by atoms with Crippen LogP contribution < -0.4 is 10.6 Å². The van der Waals surface area contributed by atoms with Gasteiger partial charge in [-0.25, -0.2) is 9.59 Å². The minimum atomic E-state index is -0.553. The fourth-order valence-corrected chi connectivity index (χ4v) is 1.66. The highest BCUT2D eigenvalue weighted by Gasteiger charge is 2.00. The van der Waals surface area contributed by atoms with E-state index < -0.39 is 12.1 Å². The molecule has 0 bridgehead atoms. The molecular formula is C14H28N4O2. The molecule has 0 unspecified atom stereocenters. The van der Waals surface area contributed by atoms with Gasteiger partial charge in [-0.3, -0.25) is 0 Å². The number of rotatable bonds is 10. The van der Waals surface area contributed by atoms with Crippen LogP contribution in [0.5, 0.6) is 0 Å². The van der Waals surface area contributed by atoms with Crippen LogP contribution in [0.2, 0.25) is 0 Å². The van der Waals surface area contributed by atoms with Gasteiger partial charge in [-0.05, 0) is 12.8 Å². The molecule has 2 N–H and O–H groups in total. The first-order valence-electron chi connectivity index (χ1n) is 7.68. The van der Waals surface area contributed by atoms with Crippen molar-refractivity contribution in [3.63, 3.8) is 0 Å². The van der Waals surface area contributed by atoms with Crippen molar-refractivity contribution in [2.45, 2.75) is 65.2 Å². The molecule has 0 rings (SSSR count). The SMILES string of the molecule is CCCCCCNC(=O)N=NC(=O)NCCCCCC. The fourth-order valence-electron chi connectivity index (χ4n) is 1.66. The van der Waals surface area contributed by atoms with Crippen molar-refractivity contribution in [3.05, 3.63) is 0 Å². The molecule has 20 heavy (non-hydrogen) atoms. The van der Waals surface area contributed by atoms with Crippen molar-refractivity contribution in [2.75, 3.05) is 13.1 Å². The lowest BCUT2D eigenvalue weighted by atomic mass is 10.2. The second-order valence-corrected chi connectivity index (χ2v) is 4.79. The molecular weight excluding hydrogens is 256 g/mol. The van der Waals surface area contributed by atoms with Crippen LogP contribution in [0.1, 0.15) is 65.2 Å². The number of carbonyl (C=O) groups is 2. The molecule has 6 heteroatoms. The summed E-state index contributed by atoms with van der Waals surface area (Å²) in [6.07, 6.45) is 8.68. The lowest BCUT2D eigenvalue weighted by Gasteiger charge is -2.01. The Labute approximate surface area is 121 Å². The number of nitrogens with one attached hydrogen (secondary N) is 2. The van der Waals surface area contributed by atoms with Gasteiger partial charge in [0.25, 0.3) is 0 Å². The van der Waals surface area contributed by atoms with Gasteiger partial charge >= 0.3 is 12.1 Å². The Balaban J connectivity index is 3.54. The molecule has 6 nitrogen and oxygen atoms in total. The molecule has 4 amide bonds. The second-order valence-electron chi connectivity index (χ2n) is 4.79. The normalized spacial score (nSPS) is 10.7. The molecule has 0 aromatic heterocycles. The van der Waals surface area contributed by atoms with E-state index in [1.54, 1.807) is 0 Å². The molecule has 0 saturated carbocycles. The predicted molar refractivity (Wildman–Crippen MR) is 79.9 cm³/mol. The van der Waals surface area contributed by atoms with E-state index in [2.05, 4.69) is 34.7 Å². The zero-order valence-corrected chi connectivity index (χ0v) is 12.8. The Hall–Kier alpha value is -1.46. The largest absolute Gasteiger partial charge is 0.359 e. The van der Waals surface area contributed by atoms with Crippen LogP contribution in [0.3, 0.4) is 0 Å². The molecule has 0 aliphatic rings. The number of urea groups is 2. The third-order valence-corrected chi connectivity index (χ3v) is 2.84. The van der Waals surface area contributed by atoms with Crippen LogP contribution in [0.4, 0.5) is 9.59 Å². The summed E-state index contributed by atoms with van der Waals surface area (Å²) in [6, 6.07) is -1.11. The van der Waals surface area contributed by atoms with Crippen molar-refractivity contribution in [1.82, 2.24) is 10.6 Å². The molecule has 0 radical (unpaired) electrons. The third kappa shape index (κ3) is 13.0. The van der Waals surface area contributed by atoms with Gasteiger partial charge in [0.15, 0.2) is 0 Å². The molecule has 0 aromatic carbocycles. The highest BCUT2D eigenvalue weighted by atomic mass is 16.2. The highest BCUT2D eigenvalue weighted by molar-refractivity contribution is 5.79. The quantitative estimate of drug-likeness (QED) is 0.469. The van der Waals surface area contributed by atoms with Gasteiger partial charge < -0.3 is 10.6 Å². The number of amides is 4. The van der Waals surface area contributed by atoms with E-state index in [1.165, 1.54) is 0 Å². The molecule has 0 aliphatic heterocycles. The summed E-state index contributed by atoms with van der Waals surface area (Å²) in [5.41, 5.74) is 0. The van der Waals surface area contributed by atoms with Gasteiger partial charge in [0.05, 0.1) is 0 Å². The Kier molecular flexibility index (Phi) is 12.9. The molecule has 0 aliphatic carbocycles. The lowest BCUT2D eigenvalue weighted by molar-refractivity contribution is 0.241. The van der Waals surface area contributed by atoms with Gasteiger partial charge in [-0.2, -0.15) is 0 Å². The van der Waals surface area contributed by atoms with E-state index >= 15 is 0 Å². The highest BCUT2D eigenvalue weighted by Crippen LogP contribution is 1.98.